The predicted molar refractivity (Wildman–Crippen MR) is 99.5 cm³/mol. The first-order valence-electron chi connectivity index (χ1n) is 7.60. The van der Waals surface area contributed by atoms with Crippen molar-refractivity contribution < 1.29 is 9.47 Å². The SMILES string of the molecule is CCOc1ccc(N=C(Nc2ccc(OCC)cc2)SC)cc1. The van der Waals surface area contributed by atoms with E-state index in [4.69, 9.17) is 9.47 Å². The van der Waals surface area contributed by atoms with Crippen LogP contribution in [0.25, 0.3) is 0 Å². The van der Waals surface area contributed by atoms with E-state index in [1.54, 1.807) is 11.8 Å². The molecule has 0 saturated heterocycles. The van der Waals surface area contributed by atoms with Crippen LogP contribution in [-0.2, 0) is 0 Å². The highest BCUT2D eigenvalue weighted by atomic mass is 32.2. The lowest BCUT2D eigenvalue weighted by Crippen LogP contribution is -2.06. The summed E-state index contributed by atoms with van der Waals surface area (Å²) in [5, 5.41) is 4.14. The third-order valence-electron chi connectivity index (χ3n) is 2.99. The molecule has 0 aromatic heterocycles. The van der Waals surface area contributed by atoms with Crippen LogP contribution in [0.1, 0.15) is 13.8 Å². The summed E-state index contributed by atoms with van der Waals surface area (Å²) >= 11 is 1.56. The number of hydrogen-bond donors (Lipinski definition) is 1. The zero-order valence-corrected chi connectivity index (χ0v) is 14.5. The predicted octanol–water partition coefficient (Wildman–Crippen LogP) is 4.95. The van der Waals surface area contributed by atoms with E-state index in [9.17, 15) is 0 Å². The number of benzene rings is 2. The summed E-state index contributed by atoms with van der Waals surface area (Å²) in [5.74, 6) is 1.73. The number of amidine groups is 1. The van der Waals surface area contributed by atoms with Gasteiger partial charge in [-0.1, -0.05) is 11.8 Å². The Morgan fingerprint density at radius 3 is 1.91 bits per heavy atom. The largest absolute Gasteiger partial charge is 0.494 e. The number of aliphatic imine (C=N–C) groups is 1. The van der Waals surface area contributed by atoms with Gasteiger partial charge in [0.25, 0.3) is 0 Å². The van der Waals surface area contributed by atoms with Crippen molar-refractivity contribution >= 4 is 28.3 Å². The fourth-order valence-electron chi connectivity index (χ4n) is 1.95. The molecule has 0 aliphatic carbocycles. The normalized spacial score (nSPS) is 11.2. The summed E-state index contributed by atoms with van der Waals surface area (Å²) in [6, 6.07) is 15.6. The minimum absolute atomic E-state index is 0.665. The van der Waals surface area contributed by atoms with Gasteiger partial charge in [-0.05, 0) is 68.6 Å². The van der Waals surface area contributed by atoms with Crippen LogP contribution in [0.2, 0.25) is 0 Å². The van der Waals surface area contributed by atoms with Crippen molar-refractivity contribution in [2.45, 2.75) is 13.8 Å². The summed E-state index contributed by atoms with van der Waals surface area (Å²) < 4.78 is 10.9. The molecule has 122 valence electrons. The first-order valence-corrected chi connectivity index (χ1v) is 8.83. The molecule has 2 rings (SSSR count). The van der Waals surface area contributed by atoms with Crippen molar-refractivity contribution in [1.29, 1.82) is 0 Å². The standard InChI is InChI=1S/C18H22N2O2S/c1-4-21-16-10-6-14(7-11-16)19-18(23-3)20-15-8-12-17(13-9-15)22-5-2/h6-13H,4-5H2,1-3H3,(H,19,20). The van der Waals surface area contributed by atoms with Gasteiger partial charge in [-0.25, -0.2) is 4.99 Å². The van der Waals surface area contributed by atoms with Crippen molar-refractivity contribution in [2.75, 3.05) is 24.8 Å². The molecular formula is C18H22N2O2S. The monoisotopic (exact) mass is 330 g/mol. The van der Waals surface area contributed by atoms with Gasteiger partial charge < -0.3 is 14.8 Å². The van der Waals surface area contributed by atoms with Crippen LogP contribution < -0.4 is 14.8 Å². The maximum Gasteiger partial charge on any atom is 0.165 e. The number of nitrogens with zero attached hydrogens (tertiary/aromatic N) is 1. The molecule has 2 aromatic carbocycles. The minimum atomic E-state index is 0.665. The molecule has 5 heteroatoms. The lowest BCUT2D eigenvalue weighted by molar-refractivity contribution is 0.340. The van der Waals surface area contributed by atoms with Gasteiger partial charge in [0, 0.05) is 5.69 Å². The Hall–Kier alpha value is -2.14. The van der Waals surface area contributed by atoms with E-state index >= 15 is 0 Å². The van der Waals surface area contributed by atoms with Gasteiger partial charge in [0.15, 0.2) is 5.17 Å². The van der Waals surface area contributed by atoms with Crippen molar-refractivity contribution in [3.63, 3.8) is 0 Å². The van der Waals surface area contributed by atoms with E-state index in [1.807, 2.05) is 68.6 Å². The molecule has 0 atom stereocenters. The fourth-order valence-corrected chi connectivity index (χ4v) is 2.37. The molecule has 2 aromatic rings. The van der Waals surface area contributed by atoms with Crippen LogP contribution in [0.15, 0.2) is 53.5 Å². The average molecular weight is 330 g/mol. The Kier molecular flexibility index (Phi) is 6.81. The molecule has 0 fully saturated rings. The first-order chi connectivity index (χ1) is 11.2. The Labute approximate surface area is 141 Å². The van der Waals surface area contributed by atoms with Crippen LogP contribution in [0, 0.1) is 0 Å². The Morgan fingerprint density at radius 1 is 0.913 bits per heavy atom. The molecule has 23 heavy (non-hydrogen) atoms. The summed E-state index contributed by atoms with van der Waals surface area (Å²) in [6.07, 6.45) is 2.00. The van der Waals surface area contributed by atoms with Gasteiger partial charge in [-0.2, -0.15) is 0 Å². The number of thioether (sulfide) groups is 1. The maximum absolute atomic E-state index is 5.44. The highest BCUT2D eigenvalue weighted by Crippen LogP contribution is 2.21. The summed E-state index contributed by atoms with van der Waals surface area (Å²) in [4.78, 5) is 4.61. The Balaban J connectivity index is 2.06. The highest BCUT2D eigenvalue weighted by molar-refractivity contribution is 8.13. The van der Waals surface area contributed by atoms with Gasteiger partial charge in [0.05, 0.1) is 18.9 Å². The van der Waals surface area contributed by atoms with Gasteiger partial charge in [-0.15, -0.1) is 0 Å². The van der Waals surface area contributed by atoms with E-state index < -0.39 is 0 Å². The number of nitrogens with one attached hydrogen (secondary N) is 1. The fraction of sp³-hybridized carbons (Fsp3) is 0.278. The van der Waals surface area contributed by atoms with Crippen LogP contribution in [0.4, 0.5) is 11.4 Å². The van der Waals surface area contributed by atoms with Crippen LogP contribution in [0.3, 0.4) is 0 Å². The molecule has 4 nitrogen and oxygen atoms in total. The number of rotatable bonds is 6. The van der Waals surface area contributed by atoms with Crippen LogP contribution in [0.5, 0.6) is 11.5 Å². The Bertz CT molecular complexity index is 624. The third kappa shape index (κ3) is 5.53. The van der Waals surface area contributed by atoms with E-state index in [-0.39, 0.29) is 0 Å². The first kappa shape index (κ1) is 17.2. The lowest BCUT2D eigenvalue weighted by atomic mass is 10.3. The molecule has 0 radical (unpaired) electrons. The summed E-state index contributed by atoms with van der Waals surface area (Å²) in [6.45, 7) is 5.28. The van der Waals surface area contributed by atoms with E-state index in [0.717, 1.165) is 28.0 Å². The summed E-state index contributed by atoms with van der Waals surface area (Å²) in [7, 11) is 0. The van der Waals surface area contributed by atoms with E-state index in [0.29, 0.717) is 13.2 Å². The summed E-state index contributed by atoms with van der Waals surface area (Å²) in [5.41, 5.74) is 1.86. The van der Waals surface area contributed by atoms with E-state index in [2.05, 4.69) is 10.3 Å². The van der Waals surface area contributed by atoms with Crippen LogP contribution >= 0.6 is 11.8 Å². The number of hydrogen-bond acceptors (Lipinski definition) is 4. The maximum atomic E-state index is 5.44. The van der Waals surface area contributed by atoms with Crippen LogP contribution in [-0.4, -0.2) is 24.6 Å². The average Bonchev–Trinajstić information content (AvgIpc) is 2.58. The molecule has 0 saturated carbocycles. The highest BCUT2D eigenvalue weighted by Gasteiger charge is 2.01. The van der Waals surface area contributed by atoms with Crippen molar-refractivity contribution in [2.24, 2.45) is 4.99 Å². The van der Waals surface area contributed by atoms with Crippen molar-refractivity contribution in [3.05, 3.63) is 48.5 Å². The second-order valence-electron chi connectivity index (χ2n) is 4.63. The molecule has 0 heterocycles. The second kappa shape index (κ2) is 9.10. The zero-order valence-electron chi connectivity index (χ0n) is 13.7. The molecule has 1 N–H and O–H groups in total. The molecular weight excluding hydrogens is 308 g/mol. The quantitative estimate of drug-likeness (QED) is 0.601. The number of ether oxygens (including phenoxy) is 2. The van der Waals surface area contributed by atoms with Gasteiger partial charge >= 0.3 is 0 Å². The molecule has 0 spiro atoms. The van der Waals surface area contributed by atoms with Gasteiger partial charge in [-0.3, -0.25) is 0 Å². The zero-order chi connectivity index (χ0) is 16.5. The smallest absolute Gasteiger partial charge is 0.165 e. The van der Waals surface area contributed by atoms with E-state index in [1.165, 1.54) is 0 Å². The van der Waals surface area contributed by atoms with Crippen molar-refractivity contribution in [1.82, 2.24) is 0 Å². The topological polar surface area (TPSA) is 42.8 Å². The van der Waals surface area contributed by atoms with Crippen molar-refractivity contribution in [3.8, 4) is 11.5 Å². The Morgan fingerprint density at radius 2 is 1.43 bits per heavy atom. The van der Waals surface area contributed by atoms with Gasteiger partial charge in [0.2, 0.25) is 0 Å². The lowest BCUT2D eigenvalue weighted by Gasteiger charge is -2.09. The molecule has 0 aliphatic rings. The van der Waals surface area contributed by atoms with Gasteiger partial charge in [0.1, 0.15) is 11.5 Å². The third-order valence-corrected chi connectivity index (χ3v) is 3.57. The number of anilines is 1. The molecule has 0 aliphatic heterocycles. The molecule has 0 unspecified atom stereocenters. The molecule has 0 amide bonds. The minimum Gasteiger partial charge on any atom is -0.494 e. The molecule has 0 bridgehead atoms. The second-order valence-corrected chi connectivity index (χ2v) is 5.43.